The van der Waals surface area contributed by atoms with Crippen molar-refractivity contribution >= 4 is 11.8 Å². The summed E-state index contributed by atoms with van der Waals surface area (Å²) in [5, 5.41) is 3.37. The molecule has 0 unspecified atom stereocenters. The number of benzene rings is 1. The van der Waals surface area contributed by atoms with Gasteiger partial charge in [-0.3, -0.25) is 0 Å². The third-order valence-electron chi connectivity index (χ3n) is 2.96. The minimum Gasteiger partial charge on any atom is -0.464 e. The van der Waals surface area contributed by atoms with Gasteiger partial charge in [0.2, 0.25) is 0 Å². The van der Waals surface area contributed by atoms with E-state index in [0.29, 0.717) is 6.54 Å². The Morgan fingerprint density at radius 2 is 1.84 bits per heavy atom. The van der Waals surface area contributed by atoms with Crippen molar-refractivity contribution in [2.24, 2.45) is 0 Å². The van der Waals surface area contributed by atoms with Crippen LogP contribution < -0.4 is 5.32 Å². The quantitative estimate of drug-likeness (QED) is 0.860. The molecule has 1 aromatic heterocycles. The Morgan fingerprint density at radius 3 is 2.53 bits per heavy atom. The van der Waals surface area contributed by atoms with Crippen LogP contribution in [0.3, 0.4) is 0 Å². The van der Waals surface area contributed by atoms with Crippen molar-refractivity contribution in [1.82, 2.24) is 5.32 Å². The minimum absolute atomic E-state index is 0.162. The third kappa shape index (κ3) is 4.11. The molecule has 0 spiro atoms. The predicted octanol–water partition coefficient (Wildman–Crippen LogP) is 4.13. The van der Waals surface area contributed by atoms with Gasteiger partial charge in [-0.05, 0) is 43.0 Å². The SMILES string of the molecule is CSCc1ccc(CN[C@H](C)c2ccc(F)cc2)o1. The van der Waals surface area contributed by atoms with Gasteiger partial charge in [-0.15, -0.1) is 0 Å². The van der Waals surface area contributed by atoms with Crippen LogP contribution in [0.4, 0.5) is 4.39 Å². The highest BCUT2D eigenvalue weighted by Crippen LogP contribution is 2.16. The fourth-order valence-electron chi connectivity index (χ4n) is 1.86. The van der Waals surface area contributed by atoms with Crippen LogP contribution in [0.15, 0.2) is 40.8 Å². The van der Waals surface area contributed by atoms with Gasteiger partial charge in [0.05, 0.1) is 12.3 Å². The topological polar surface area (TPSA) is 25.2 Å². The summed E-state index contributed by atoms with van der Waals surface area (Å²) in [6.07, 6.45) is 2.05. The Kier molecular flexibility index (Phi) is 5.05. The Labute approximate surface area is 117 Å². The molecule has 0 amide bonds. The maximum absolute atomic E-state index is 12.8. The molecule has 2 aromatic rings. The molecule has 0 saturated carbocycles. The molecule has 0 saturated heterocycles. The summed E-state index contributed by atoms with van der Waals surface area (Å²) in [5.74, 6) is 2.62. The summed E-state index contributed by atoms with van der Waals surface area (Å²) in [7, 11) is 0. The lowest BCUT2D eigenvalue weighted by Gasteiger charge is -2.13. The van der Waals surface area contributed by atoms with Crippen molar-refractivity contribution in [2.45, 2.75) is 25.3 Å². The Bertz CT molecular complexity index is 509. The van der Waals surface area contributed by atoms with E-state index in [4.69, 9.17) is 4.42 Å². The summed E-state index contributed by atoms with van der Waals surface area (Å²) in [6, 6.07) is 10.7. The van der Waals surface area contributed by atoms with Gasteiger partial charge in [0.15, 0.2) is 0 Å². The second-order valence-corrected chi connectivity index (χ2v) is 5.32. The van der Waals surface area contributed by atoms with E-state index in [1.807, 2.05) is 12.1 Å². The van der Waals surface area contributed by atoms with Crippen LogP contribution in [0.1, 0.15) is 30.0 Å². The highest BCUT2D eigenvalue weighted by Gasteiger charge is 2.07. The molecular weight excluding hydrogens is 261 g/mol. The van der Waals surface area contributed by atoms with E-state index < -0.39 is 0 Å². The maximum Gasteiger partial charge on any atom is 0.123 e. The predicted molar refractivity (Wildman–Crippen MR) is 77.6 cm³/mol. The molecule has 19 heavy (non-hydrogen) atoms. The van der Waals surface area contributed by atoms with Crippen molar-refractivity contribution in [3.05, 3.63) is 59.3 Å². The molecule has 1 aromatic carbocycles. The average molecular weight is 279 g/mol. The number of hydrogen-bond donors (Lipinski definition) is 1. The highest BCUT2D eigenvalue weighted by molar-refractivity contribution is 7.97. The molecule has 0 aliphatic heterocycles. The van der Waals surface area contributed by atoms with Crippen LogP contribution >= 0.6 is 11.8 Å². The van der Waals surface area contributed by atoms with Crippen molar-refractivity contribution < 1.29 is 8.81 Å². The molecule has 2 rings (SSSR count). The third-order valence-corrected chi connectivity index (χ3v) is 3.53. The number of furan rings is 1. The number of hydrogen-bond acceptors (Lipinski definition) is 3. The second-order valence-electron chi connectivity index (χ2n) is 4.46. The van der Waals surface area contributed by atoms with Crippen LogP contribution in [0, 0.1) is 5.82 Å². The lowest BCUT2D eigenvalue weighted by atomic mass is 10.1. The smallest absolute Gasteiger partial charge is 0.123 e. The van der Waals surface area contributed by atoms with E-state index in [9.17, 15) is 4.39 Å². The molecule has 1 heterocycles. The molecule has 0 bridgehead atoms. The van der Waals surface area contributed by atoms with Crippen molar-refractivity contribution in [3.8, 4) is 0 Å². The van der Waals surface area contributed by atoms with Gasteiger partial charge in [-0.25, -0.2) is 4.39 Å². The van der Waals surface area contributed by atoms with Crippen LogP contribution in [-0.2, 0) is 12.3 Å². The lowest BCUT2D eigenvalue weighted by molar-refractivity contribution is 0.442. The number of rotatable bonds is 6. The molecule has 0 aliphatic rings. The molecule has 0 aliphatic carbocycles. The zero-order valence-electron chi connectivity index (χ0n) is 11.2. The van der Waals surface area contributed by atoms with Crippen molar-refractivity contribution in [3.63, 3.8) is 0 Å². The minimum atomic E-state index is -0.205. The normalized spacial score (nSPS) is 12.6. The van der Waals surface area contributed by atoms with Gasteiger partial charge >= 0.3 is 0 Å². The zero-order valence-corrected chi connectivity index (χ0v) is 12.0. The van der Waals surface area contributed by atoms with Gasteiger partial charge in [-0.1, -0.05) is 12.1 Å². The average Bonchev–Trinajstić information content (AvgIpc) is 2.85. The lowest BCUT2D eigenvalue weighted by Crippen LogP contribution is -2.17. The van der Waals surface area contributed by atoms with Crippen LogP contribution in [0.25, 0.3) is 0 Å². The van der Waals surface area contributed by atoms with Gasteiger partial charge in [0.1, 0.15) is 17.3 Å². The Morgan fingerprint density at radius 1 is 1.16 bits per heavy atom. The number of thioether (sulfide) groups is 1. The van der Waals surface area contributed by atoms with Gasteiger partial charge in [0.25, 0.3) is 0 Å². The van der Waals surface area contributed by atoms with Crippen LogP contribution in [-0.4, -0.2) is 6.26 Å². The molecule has 1 N–H and O–H groups in total. The molecular formula is C15H18FNOS. The van der Waals surface area contributed by atoms with Gasteiger partial charge in [0, 0.05) is 6.04 Å². The van der Waals surface area contributed by atoms with Crippen LogP contribution in [0.5, 0.6) is 0 Å². The molecule has 102 valence electrons. The zero-order chi connectivity index (χ0) is 13.7. The molecule has 1 atom stereocenters. The summed E-state index contributed by atoms with van der Waals surface area (Å²) in [4.78, 5) is 0. The molecule has 0 fully saturated rings. The number of nitrogens with one attached hydrogen (secondary N) is 1. The second kappa shape index (κ2) is 6.78. The van der Waals surface area contributed by atoms with Crippen molar-refractivity contribution in [2.75, 3.05) is 6.26 Å². The van der Waals surface area contributed by atoms with Crippen LogP contribution in [0.2, 0.25) is 0 Å². The first kappa shape index (κ1) is 14.2. The largest absolute Gasteiger partial charge is 0.464 e. The monoisotopic (exact) mass is 279 g/mol. The van der Waals surface area contributed by atoms with Gasteiger partial charge < -0.3 is 9.73 Å². The highest BCUT2D eigenvalue weighted by atomic mass is 32.2. The van der Waals surface area contributed by atoms with Crippen molar-refractivity contribution in [1.29, 1.82) is 0 Å². The standard InChI is InChI=1S/C15H18FNOS/c1-11(12-3-5-13(16)6-4-12)17-9-14-7-8-15(18-14)10-19-2/h3-8,11,17H,9-10H2,1-2H3/t11-/m1/s1. The summed E-state index contributed by atoms with van der Waals surface area (Å²) < 4.78 is 18.5. The Hall–Kier alpha value is -1.26. The van der Waals surface area contributed by atoms with E-state index in [0.717, 1.165) is 22.8 Å². The fraction of sp³-hybridized carbons (Fsp3) is 0.333. The first-order chi connectivity index (χ1) is 9.19. The Balaban J connectivity index is 1.88. The maximum atomic E-state index is 12.8. The number of halogens is 1. The van der Waals surface area contributed by atoms with E-state index in [1.165, 1.54) is 12.1 Å². The van der Waals surface area contributed by atoms with Gasteiger partial charge in [-0.2, -0.15) is 11.8 Å². The summed E-state index contributed by atoms with van der Waals surface area (Å²) >= 11 is 1.74. The van der Waals surface area contributed by atoms with E-state index in [2.05, 4.69) is 18.5 Å². The fourth-order valence-corrected chi connectivity index (χ4v) is 2.30. The first-order valence-corrected chi connectivity index (χ1v) is 7.64. The van der Waals surface area contributed by atoms with E-state index in [1.54, 1.807) is 23.9 Å². The van der Waals surface area contributed by atoms with E-state index in [-0.39, 0.29) is 11.9 Å². The first-order valence-electron chi connectivity index (χ1n) is 6.24. The summed E-state index contributed by atoms with van der Waals surface area (Å²) in [6.45, 7) is 2.73. The summed E-state index contributed by atoms with van der Waals surface area (Å²) in [5.41, 5.74) is 1.07. The molecule has 2 nitrogen and oxygen atoms in total. The van der Waals surface area contributed by atoms with E-state index >= 15 is 0 Å². The molecule has 4 heteroatoms. The molecule has 0 radical (unpaired) electrons.